The third-order valence-electron chi connectivity index (χ3n) is 5.54. The van der Waals surface area contributed by atoms with Crippen molar-refractivity contribution in [3.63, 3.8) is 0 Å². The fourth-order valence-electron chi connectivity index (χ4n) is 4.07. The lowest BCUT2D eigenvalue weighted by Crippen LogP contribution is -2.29. The Balaban J connectivity index is 1.99. The third-order valence-corrected chi connectivity index (χ3v) is 5.77. The van der Waals surface area contributed by atoms with Crippen LogP contribution in [0.3, 0.4) is 0 Å². The summed E-state index contributed by atoms with van der Waals surface area (Å²) in [5.74, 6) is -2.28. The lowest BCUT2D eigenvalue weighted by Gasteiger charge is -2.23. The highest BCUT2D eigenvalue weighted by atomic mass is 35.5. The largest absolute Gasteiger partial charge is 0.507 e. The van der Waals surface area contributed by atoms with Gasteiger partial charge in [0.25, 0.3) is 5.78 Å². The van der Waals surface area contributed by atoms with E-state index in [2.05, 4.69) is 10.1 Å². The number of aromatic nitrogens is 2. The van der Waals surface area contributed by atoms with Gasteiger partial charge in [0.1, 0.15) is 17.2 Å². The maximum atomic E-state index is 13.2. The van der Waals surface area contributed by atoms with E-state index < -0.39 is 29.5 Å². The third kappa shape index (κ3) is 3.60. The molecule has 0 spiro atoms. The van der Waals surface area contributed by atoms with Gasteiger partial charge in [-0.1, -0.05) is 28.9 Å². The molecule has 170 valence electrons. The van der Waals surface area contributed by atoms with Gasteiger partial charge in [0.2, 0.25) is 0 Å². The van der Waals surface area contributed by atoms with E-state index in [4.69, 9.17) is 20.9 Å². The summed E-state index contributed by atoms with van der Waals surface area (Å²) < 4.78 is 9.89. The molecule has 1 atom stereocenters. The summed E-state index contributed by atoms with van der Waals surface area (Å²) in [6, 6.07) is 7.11. The van der Waals surface area contributed by atoms with Gasteiger partial charge in [-0.25, -0.2) is 4.79 Å². The molecule has 1 fully saturated rings. The van der Waals surface area contributed by atoms with Gasteiger partial charge in [0, 0.05) is 22.3 Å². The number of H-pyrrole nitrogens is 1. The van der Waals surface area contributed by atoms with E-state index in [0.29, 0.717) is 27.6 Å². The van der Waals surface area contributed by atoms with Crippen molar-refractivity contribution in [1.82, 2.24) is 10.1 Å². The Morgan fingerprint density at radius 1 is 1.24 bits per heavy atom. The standard InChI is InChI=1S/C23H20ClN3O6/c1-10-8-15(26-33-10)27-19(13-6-5-7-14(24)9-13)17(21(29)22(27)30)20(28)16-11(2)18(23(31)32-4)25-12(16)3/h5-9,19,25,28H,1-4H3/b20-17+. The van der Waals surface area contributed by atoms with Crippen LogP contribution in [-0.4, -0.2) is 40.0 Å². The van der Waals surface area contributed by atoms with Crippen molar-refractivity contribution in [3.8, 4) is 0 Å². The Bertz CT molecular complexity index is 1340. The number of halogens is 1. The molecule has 0 bridgehead atoms. The first-order chi connectivity index (χ1) is 15.6. The van der Waals surface area contributed by atoms with Crippen molar-refractivity contribution in [2.24, 2.45) is 0 Å². The number of ether oxygens (including phenoxy) is 1. The van der Waals surface area contributed by atoms with E-state index in [1.165, 1.54) is 13.2 Å². The van der Waals surface area contributed by atoms with Crippen molar-refractivity contribution >= 4 is 40.8 Å². The molecule has 0 aliphatic carbocycles. The number of anilines is 1. The number of methoxy groups -OCH3 is 1. The highest BCUT2D eigenvalue weighted by Crippen LogP contribution is 2.43. The van der Waals surface area contributed by atoms with Crippen LogP contribution in [0.15, 0.2) is 40.4 Å². The highest BCUT2D eigenvalue weighted by molar-refractivity contribution is 6.51. The predicted octanol–water partition coefficient (Wildman–Crippen LogP) is 3.99. The number of benzene rings is 1. The Morgan fingerprint density at radius 2 is 1.97 bits per heavy atom. The van der Waals surface area contributed by atoms with Gasteiger partial charge in [-0.05, 0) is 44.0 Å². The van der Waals surface area contributed by atoms with E-state index in [1.807, 2.05) is 0 Å². The minimum Gasteiger partial charge on any atom is -0.507 e. The molecular weight excluding hydrogens is 450 g/mol. The molecule has 1 aromatic carbocycles. The van der Waals surface area contributed by atoms with Crippen molar-refractivity contribution in [2.75, 3.05) is 12.0 Å². The fraction of sp³-hybridized carbons (Fsp3) is 0.217. The van der Waals surface area contributed by atoms with Crippen LogP contribution < -0.4 is 4.90 Å². The number of ketones is 1. The topological polar surface area (TPSA) is 126 Å². The number of hydrogen-bond donors (Lipinski definition) is 2. The number of carbonyl (C=O) groups is 3. The molecule has 4 rings (SSSR count). The summed E-state index contributed by atoms with van der Waals surface area (Å²) in [5.41, 5.74) is 1.50. The van der Waals surface area contributed by atoms with E-state index in [-0.39, 0.29) is 22.6 Å². The van der Waals surface area contributed by atoms with Gasteiger partial charge >= 0.3 is 11.9 Å². The average Bonchev–Trinajstić information content (AvgIpc) is 3.41. The van der Waals surface area contributed by atoms with Crippen LogP contribution in [0.5, 0.6) is 0 Å². The number of aryl methyl sites for hydroxylation is 2. The molecule has 33 heavy (non-hydrogen) atoms. The van der Waals surface area contributed by atoms with Crippen molar-refractivity contribution in [2.45, 2.75) is 26.8 Å². The summed E-state index contributed by atoms with van der Waals surface area (Å²) in [6.07, 6.45) is 0. The van der Waals surface area contributed by atoms with Crippen LogP contribution in [0.25, 0.3) is 5.76 Å². The highest BCUT2D eigenvalue weighted by Gasteiger charge is 2.48. The first-order valence-electron chi connectivity index (χ1n) is 9.93. The molecule has 1 saturated heterocycles. The van der Waals surface area contributed by atoms with Gasteiger partial charge in [0.15, 0.2) is 5.82 Å². The monoisotopic (exact) mass is 469 g/mol. The minimum atomic E-state index is -1.02. The summed E-state index contributed by atoms with van der Waals surface area (Å²) in [6.45, 7) is 4.90. The number of hydrogen-bond acceptors (Lipinski definition) is 7. The quantitative estimate of drug-likeness (QED) is 0.256. The maximum absolute atomic E-state index is 13.2. The summed E-state index contributed by atoms with van der Waals surface area (Å²) >= 11 is 6.19. The molecule has 0 radical (unpaired) electrons. The second-order valence-corrected chi connectivity index (χ2v) is 8.07. The number of Topliss-reactive ketones (excluding diaryl/α,β-unsaturated/α-hetero) is 1. The van der Waals surface area contributed by atoms with Crippen LogP contribution in [0.4, 0.5) is 5.82 Å². The van der Waals surface area contributed by atoms with E-state index >= 15 is 0 Å². The zero-order valence-corrected chi connectivity index (χ0v) is 19.0. The molecule has 2 aromatic heterocycles. The smallest absolute Gasteiger partial charge is 0.354 e. The van der Waals surface area contributed by atoms with Crippen molar-refractivity contribution in [1.29, 1.82) is 0 Å². The number of nitrogens with one attached hydrogen (secondary N) is 1. The maximum Gasteiger partial charge on any atom is 0.354 e. The SMILES string of the molecule is COC(=O)c1[nH]c(C)c(/C(O)=C2\C(=O)C(=O)N(c3cc(C)on3)C2c2cccc(Cl)c2)c1C. The zero-order valence-electron chi connectivity index (χ0n) is 18.2. The number of aromatic amines is 1. The molecule has 0 saturated carbocycles. The zero-order chi connectivity index (χ0) is 24.0. The Kier molecular flexibility index (Phi) is 5.59. The van der Waals surface area contributed by atoms with Gasteiger partial charge in [-0.2, -0.15) is 0 Å². The van der Waals surface area contributed by atoms with Crippen LogP contribution in [0.1, 0.15) is 44.7 Å². The Hall–Kier alpha value is -3.85. The number of aliphatic hydroxyl groups is 1. The molecule has 2 N–H and O–H groups in total. The number of aliphatic hydroxyl groups excluding tert-OH is 1. The van der Waals surface area contributed by atoms with E-state index in [1.54, 1.807) is 45.0 Å². The number of carbonyl (C=O) groups excluding carboxylic acids is 3. The number of nitrogens with zero attached hydrogens (tertiary/aromatic N) is 2. The Labute approximate surface area is 193 Å². The second-order valence-electron chi connectivity index (χ2n) is 7.64. The van der Waals surface area contributed by atoms with E-state index in [0.717, 1.165) is 4.90 Å². The average molecular weight is 470 g/mol. The fourth-order valence-corrected chi connectivity index (χ4v) is 4.27. The van der Waals surface area contributed by atoms with Crippen LogP contribution >= 0.6 is 11.6 Å². The molecule has 1 aliphatic rings. The lowest BCUT2D eigenvalue weighted by atomic mass is 9.94. The molecule has 3 aromatic rings. The van der Waals surface area contributed by atoms with Crippen molar-refractivity contribution < 1.29 is 28.8 Å². The summed E-state index contributed by atoms with van der Waals surface area (Å²) in [5, 5.41) is 15.6. The molecule has 1 unspecified atom stereocenters. The van der Waals surface area contributed by atoms with E-state index in [9.17, 15) is 19.5 Å². The number of esters is 1. The molecule has 1 aliphatic heterocycles. The van der Waals surface area contributed by atoms with Gasteiger partial charge in [-0.3, -0.25) is 14.5 Å². The van der Waals surface area contributed by atoms with Crippen molar-refractivity contribution in [3.05, 3.63) is 74.8 Å². The number of rotatable bonds is 4. The molecule has 1 amide bonds. The predicted molar refractivity (Wildman–Crippen MR) is 119 cm³/mol. The second kappa shape index (κ2) is 8.25. The molecule has 3 heterocycles. The lowest BCUT2D eigenvalue weighted by molar-refractivity contribution is -0.132. The van der Waals surface area contributed by atoms with Crippen LogP contribution in [0.2, 0.25) is 5.02 Å². The Morgan fingerprint density at radius 3 is 2.58 bits per heavy atom. The normalized spacial score (nSPS) is 17.6. The molecule has 10 heteroatoms. The van der Waals surface area contributed by atoms with Gasteiger partial charge in [0.05, 0.1) is 18.7 Å². The molecule has 9 nitrogen and oxygen atoms in total. The minimum absolute atomic E-state index is 0.122. The first kappa shape index (κ1) is 22.3. The first-order valence-corrected chi connectivity index (χ1v) is 10.3. The van der Waals surface area contributed by atoms with Gasteiger partial charge in [-0.15, -0.1) is 0 Å². The summed E-state index contributed by atoms with van der Waals surface area (Å²) in [4.78, 5) is 42.4. The van der Waals surface area contributed by atoms with Gasteiger partial charge < -0.3 is 19.4 Å². The van der Waals surface area contributed by atoms with Crippen LogP contribution in [0, 0.1) is 20.8 Å². The number of amides is 1. The summed E-state index contributed by atoms with van der Waals surface area (Å²) in [7, 11) is 1.24. The molecular formula is C23H20ClN3O6. The van der Waals surface area contributed by atoms with Crippen LogP contribution in [-0.2, 0) is 14.3 Å².